The number of ether oxygens (including phenoxy) is 3. The van der Waals surface area contributed by atoms with E-state index < -0.39 is 11.9 Å². The maximum absolute atomic E-state index is 14.7. The normalized spacial score (nSPS) is 25.7. The number of hydrogen-bond donors (Lipinski definition) is 1. The second-order valence-corrected chi connectivity index (χ2v) is 6.58. The van der Waals surface area contributed by atoms with E-state index in [0.29, 0.717) is 57.1 Å². The van der Waals surface area contributed by atoms with Gasteiger partial charge in [0, 0.05) is 32.5 Å². The fraction of sp³-hybridized carbons (Fsp3) is 0.588. The van der Waals surface area contributed by atoms with E-state index in [1.54, 1.807) is 12.1 Å². The highest BCUT2D eigenvalue weighted by Gasteiger charge is 2.40. The Balaban J connectivity index is 1.46. The Labute approximate surface area is 145 Å². The second-order valence-electron chi connectivity index (χ2n) is 6.58. The summed E-state index contributed by atoms with van der Waals surface area (Å²) in [5.41, 5.74) is 6.54. The molecule has 1 amide bonds. The highest BCUT2D eigenvalue weighted by Crippen LogP contribution is 2.35. The summed E-state index contributed by atoms with van der Waals surface area (Å²) in [6.07, 6.45) is 0.591. The van der Waals surface area contributed by atoms with Crippen molar-refractivity contribution in [3.8, 4) is 0 Å². The van der Waals surface area contributed by atoms with Crippen LogP contribution in [0.4, 0.5) is 20.6 Å². The van der Waals surface area contributed by atoms with Gasteiger partial charge in [-0.2, -0.15) is 0 Å². The van der Waals surface area contributed by atoms with Gasteiger partial charge in [0.1, 0.15) is 11.9 Å². The van der Waals surface area contributed by atoms with Crippen LogP contribution < -0.4 is 15.5 Å². The Kier molecular flexibility index (Phi) is 4.26. The Hall–Kier alpha value is -1.90. The average molecular weight is 351 g/mol. The molecule has 0 aliphatic carbocycles. The molecule has 2 N–H and O–H groups in total. The van der Waals surface area contributed by atoms with E-state index in [0.717, 1.165) is 0 Å². The topological polar surface area (TPSA) is 77.3 Å². The maximum Gasteiger partial charge on any atom is 0.414 e. The SMILES string of the molecule is NC[C@H]1CN(c2ccc(N3CCC4(CC3)OCCO4)c(F)c2)C(=O)O1. The van der Waals surface area contributed by atoms with E-state index >= 15 is 0 Å². The first kappa shape index (κ1) is 16.6. The largest absolute Gasteiger partial charge is 0.443 e. The summed E-state index contributed by atoms with van der Waals surface area (Å²) in [7, 11) is 0. The summed E-state index contributed by atoms with van der Waals surface area (Å²) in [4.78, 5) is 15.3. The van der Waals surface area contributed by atoms with Crippen molar-refractivity contribution in [2.45, 2.75) is 24.7 Å². The number of amides is 1. The maximum atomic E-state index is 14.7. The summed E-state index contributed by atoms with van der Waals surface area (Å²) in [6.45, 7) is 3.17. The van der Waals surface area contributed by atoms with Gasteiger partial charge in [-0.1, -0.05) is 0 Å². The number of rotatable bonds is 3. The molecule has 0 bridgehead atoms. The molecule has 4 rings (SSSR count). The van der Waals surface area contributed by atoms with Crippen molar-refractivity contribution in [1.29, 1.82) is 0 Å². The van der Waals surface area contributed by atoms with Gasteiger partial charge in [-0.25, -0.2) is 9.18 Å². The smallest absolute Gasteiger partial charge is 0.414 e. The lowest BCUT2D eigenvalue weighted by atomic mass is 10.0. The van der Waals surface area contributed by atoms with Crippen molar-refractivity contribution >= 4 is 17.5 Å². The first-order chi connectivity index (χ1) is 12.1. The van der Waals surface area contributed by atoms with Gasteiger partial charge in [0.05, 0.1) is 31.1 Å². The van der Waals surface area contributed by atoms with Gasteiger partial charge in [-0.05, 0) is 18.2 Å². The van der Waals surface area contributed by atoms with Crippen LogP contribution in [0.25, 0.3) is 0 Å². The van der Waals surface area contributed by atoms with Crippen LogP contribution >= 0.6 is 0 Å². The first-order valence-electron chi connectivity index (χ1n) is 8.61. The molecule has 7 nitrogen and oxygen atoms in total. The molecule has 1 aromatic rings. The van der Waals surface area contributed by atoms with Gasteiger partial charge in [-0.15, -0.1) is 0 Å². The molecule has 1 spiro atoms. The van der Waals surface area contributed by atoms with E-state index in [1.165, 1.54) is 11.0 Å². The number of carbonyl (C=O) groups excluding carboxylic acids is 1. The Morgan fingerprint density at radius 3 is 2.56 bits per heavy atom. The molecule has 0 unspecified atom stereocenters. The van der Waals surface area contributed by atoms with Crippen LogP contribution in [0.3, 0.4) is 0 Å². The predicted octanol–water partition coefficient (Wildman–Crippen LogP) is 1.45. The lowest BCUT2D eigenvalue weighted by Gasteiger charge is -2.38. The number of nitrogens with two attached hydrogens (primary N) is 1. The fourth-order valence-electron chi connectivity index (χ4n) is 3.65. The van der Waals surface area contributed by atoms with Crippen LogP contribution in [0, 0.1) is 5.82 Å². The van der Waals surface area contributed by atoms with Crippen LogP contribution in [0.2, 0.25) is 0 Å². The van der Waals surface area contributed by atoms with Crippen molar-refractivity contribution in [3.05, 3.63) is 24.0 Å². The van der Waals surface area contributed by atoms with Crippen LogP contribution in [0.1, 0.15) is 12.8 Å². The number of halogens is 1. The summed E-state index contributed by atoms with van der Waals surface area (Å²) in [6, 6.07) is 4.83. The zero-order chi connectivity index (χ0) is 17.4. The van der Waals surface area contributed by atoms with Crippen LogP contribution in [0.15, 0.2) is 18.2 Å². The van der Waals surface area contributed by atoms with Crippen molar-refractivity contribution < 1.29 is 23.4 Å². The number of carbonyl (C=O) groups is 1. The Morgan fingerprint density at radius 2 is 1.96 bits per heavy atom. The molecule has 3 saturated heterocycles. The number of piperidine rings is 1. The quantitative estimate of drug-likeness (QED) is 0.888. The molecule has 0 aromatic heterocycles. The number of cyclic esters (lactones) is 1. The Morgan fingerprint density at radius 1 is 1.24 bits per heavy atom. The molecule has 3 heterocycles. The molecule has 0 radical (unpaired) electrons. The third-order valence-corrected chi connectivity index (χ3v) is 5.06. The molecule has 3 aliphatic heterocycles. The number of anilines is 2. The standard InChI is InChI=1S/C17H22FN3O4/c18-14-9-12(21-11-13(10-19)25-16(21)22)1-2-15(14)20-5-3-17(4-6-20)23-7-8-24-17/h1-2,9,13H,3-8,10-11,19H2/t13-/m0/s1. The molecular weight excluding hydrogens is 329 g/mol. The number of benzene rings is 1. The third kappa shape index (κ3) is 3.05. The van der Waals surface area contributed by atoms with Gasteiger partial charge >= 0.3 is 6.09 Å². The van der Waals surface area contributed by atoms with E-state index in [2.05, 4.69) is 0 Å². The monoisotopic (exact) mass is 351 g/mol. The van der Waals surface area contributed by atoms with E-state index in [1.807, 2.05) is 4.90 Å². The molecule has 0 saturated carbocycles. The molecule has 3 fully saturated rings. The van der Waals surface area contributed by atoms with Gasteiger partial charge in [0.15, 0.2) is 5.79 Å². The summed E-state index contributed by atoms with van der Waals surface area (Å²) < 4.78 is 31.2. The van der Waals surface area contributed by atoms with Crippen molar-refractivity contribution in [3.63, 3.8) is 0 Å². The summed E-state index contributed by atoms with van der Waals surface area (Å²) in [5.74, 6) is -0.839. The molecular formula is C17H22FN3O4. The number of hydrogen-bond acceptors (Lipinski definition) is 6. The minimum atomic E-state index is -0.488. The van der Waals surface area contributed by atoms with E-state index in [9.17, 15) is 9.18 Å². The van der Waals surface area contributed by atoms with Crippen LogP contribution in [-0.2, 0) is 14.2 Å². The third-order valence-electron chi connectivity index (χ3n) is 5.06. The lowest BCUT2D eigenvalue weighted by Crippen LogP contribution is -2.45. The average Bonchev–Trinajstić information content (AvgIpc) is 3.23. The first-order valence-corrected chi connectivity index (χ1v) is 8.61. The summed E-state index contributed by atoms with van der Waals surface area (Å²) in [5, 5.41) is 0. The highest BCUT2D eigenvalue weighted by atomic mass is 19.1. The molecule has 3 aliphatic rings. The minimum absolute atomic E-state index is 0.252. The highest BCUT2D eigenvalue weighted by molar-refractivity contribution is 5.90. The zero-order valence-electron chi connectivity index (χ0n) is 13.9. The van der Waals surface area contributed by atoms with Gasteiger partial charge in [0.25, 0.3) is 0 Å². The summed E-state index contributed by atoms with van der Waals surface area (Å²) >= 11 is 0. The predicted molar refractivity (Wildman–Crippen MR) is 89.2 cm³/mol. The van der Waals surface area contributed by atoms with Crippen molar-refractivity contribution in [2.75, 3.05) is 49.2 Å². The molecule has 25 heavy (non-hydrogen) atoms. The second kappa shape index (κ2) is 6.44. The van der Waals surface area contributed by atoms with Crippen LogP contribution in [-0.4, -0.2) is 57.4 Å². The van der Waals surface area contributed by atoms with E-state index in [-0.39, 0.29) is 18.5 Å². The molecule has 1 aromatic carbocycles. The van der Waals surface area contributed by atoms with Gasteiger partial charge in [0.2, 0.25) is 0 Å². The van der Waals surface area contributed by atoms with Crippen LogP contribution in [0.5, 0.6) is 0 Å². The van der Waals surface area contributed by atoms with Crippen molar-refractivity contribution in [1.82, 2.24) is 0 Å². The Bertz CT molecular complexity index is 655. The fourth-order valence-corrected chi connectivity index (χ4v) is 3.65. The van der Waals surface area contributed by atoms with Gasteiger partial charge in [-0.3, -0.25) is 4.90 Å². The van der Waals surface area contributed by atoms with Crippen molar-refractivity contribution in [2.24, 2.45) is 5.73 Å². The number of nitrogens with zero attached hydrogens (tertiary/aromatic N) is 2. The zero-order valence-corrected chi connectivity index (χ0v) is 13.9. The van der Waals surface area contributed by atoms with E-state index in [4.69, 9.17) is 19.9 Å². The molecule has 8 heteroatoms. The minimum Gasteiger partial charge on any atom is -0.443 e. The molecule has 1 atom stereocenters. The molecule has 136 valence electrons. The van der Waals surface area contributed by atoms with Gasteiger partial charge < -0.3 is 24.8 Å². The lowest BCUT2D eigenvalue weighted by molar-refractivity contribution is -0.169.